The molecule has 3 aromatic rings. The van der Waals surface area contributed by atoms with Gasteiger partial charge < -0.3 is 19.4 Å². The highest BCUT2D eigenvalue weighted by Crippen LogP contribution is 2.25. The number of hydrogen-bond donors (Lipinski definition) is 1. The van der Waals surface area contributed by atoms with Gasteiger partial charge in [-0.25, -0.2) is 14.7 Å². The van der Waals surface area contributed by atoms with Crippen molar-refractivity contribution >= 4 is 18.0 Å². The Kier molecular flexibility index (Phi) is 6.26. The third kappa shape index (κ3) is 5.18. The van der Waals surface area contributed by atoms with Crippen LogP contribution in [0.25, 0.3) is 5.69 Å². The number of benzene rings is 1. The second-order valence-electron chi connectivity index (χ2n) is 7.63. The summed E-state index contributed by atoms with van der Waals surface area (Å²) in [6.45, 7) is 5.77. The van der Waals surface area contributed by atoms with Crippen LogP contribution in [-0.4, -0.2) is 49.6 Å². The molecule has 1 aliphatic heterocycles. The number of cyclic esters (lactones) is 1. The first-order valence-electron chi connectivity index (χ1n) is 10.5. The normalized spacial score (nSPS) is 16.9. The molecule has 10 nitrogen and oxygen atoms in total. The summed E-state index contributed by atoms with van der Waals surface area (Å²) in [4.78, 5) is 30.9. The summed E-state index contributed by atoms with van der Waals surface area (Å²) in [5, 5.41) is 3.15. The van der Waals surface area contributed by atoms with Crippen LogP contribution in [0.15, 0.2) is 36.8 Å². The predicted octanol–water partition coefficient (Wildman–Crippen LogP) is 4.17. The number of nitrogens with zero attached hydrogens (tertiary/aromatic N) is 6. The van der Waals surface area contributed by atoms with Gasteiger partial charge in [-0.1, -0.05) is 6.92 Å². The Labute approximate surface area is 192 Å². The van der Waals surface area contributed by atoms with E-state index in [1.807, 2.05) is 13.8 Å². The molecule has 13 heteroatoms. The fraction of sp³-hybridized carbons (Fsp3) is 0.381. The van der Waals surface area contributed by atoms with E-state index in [0.717, 1.165) is 0 Å². The number of carbonyl (C=O) groups excluding carboxylic acids is 1. The smallest absolute Gasteiger partial charge is 0.447 e. The average Bonchev–Trinajstić information content (AvgIpc) is 3.39. The Balaban J connectivity index is 1.48. The number of aromatic nitrogens is 5. The number of alkyl halides is 3. The molecule has 0 aliphatic carbocycles. The van der Waals surface area contributed by atoms with Crippen LogP contribution < -0.4 is 15.0 Å². The van der Waals surface area contributed by atoms with E-state index in [4.69, 9.17) is 4.74 Å². The maximum Gasteiger partial charge on any atom is 0.573 e. The minimum Gasteiger partial charge on any atom is -0.447 e. The molecule has 1 aromatic carbocycles. The van der Waals surface area contributed by atoms with Gasteiger partial charge in [-0.2, -0.15) is 15.0 Å². The summed E-state index contributed by atoms with van der Waals surface area (Å²) in [5.41, 5.74) is 1.25. The molecule has 0 unspecified atom stereocenters. The first-order valence-corrected chi connectivity index (χ1v) is 10.5. The van der Waals surface area contributed by atoms with E-state index in [0.29, 0.717) is 23.6 Å². The van der Waals surface area contributed by atoms with Gasteiger partial charge in [0.15, 0.2) is 0 Å². The lowest BCUT2D eigenvalue weighted by molar-refractivity contribution is -0.274. The predicted molar refractivity (Wildman–Crippen MR) is 115 cm³/mol. The van der Waals surface area contributed by atoms with Gasteiger partial charge in [0.1, 0.15) is 18.2 Å². The molecule has 0 spiro atoms. The molecular formula is C21H22F3N7O3. The van der Waals surface area contributed by atoms with Crippen molar-refractivity contribution in [3.8, 4) is 11.4 Å². The Bertz CT molecular complexity index is 1170. The number of imidazole rings is 1. The summed E-state index contributed by atoms with van der Waals surface area (Å²) in [7, 11) is 0. The molecule has 1 fully saturated rings. The standard InChI is InChI=1S/C21H22F3N7O3/c1-4-14-10-33-20(32)31(14)19-28-13(3)27-18(29-19)26-12(2)17-9-30(11-25-17)15-5-7-16(8-6-15)34-21(22,23)24/h5-9,11-12,14H,4,10H2,1-3H3,(H,26,27,28,29)/t12-,14-/m0/s1. The highest BCUT2D eigenvalue weighted by molar-refractivity contribution is 5.88. The monoisotopic (exact) mass is 477 g/mol. The van der Waals surface area contributed by atoms with Gasteiger partial charge in [-0.15, -0.1) is 13.2 Å². The summed E-state index contributed by atoms with van der Waals surface area (Å²) >= 11 is 0. The molecule has 1 saturated heterocycles. The fourth-order valence-corrected chi connectivity index (χ4v) is 3.44. The van der Waals surface area contributed by atoms with Gasteiger partial charge >= 0.3 is 12.5 Å². The molecule has 0 bridgehead atoms. The molecule has 34 heavy (non-hydrogen) atoms. The second-order valence-corrected chi connectivity index (χ2v) is 7.63. The molecule has 3 heterocycles. The molecule has 2 aromatic heterocycles. The summed E-state index contributed by atoms with van der Waals surface area (Å²) < 4.78 is 47.7. The maximum absolute atomic E-state index is 12.3. The summed E-state index contributed by atoms with van der Waals surface area (Å²) in [6, 6.07) is 4.97. The van der Waals surface area contributed by atoms with E-state index in [1.165, 1.54) is 29.2 Å². The quantitative estimate of drug-likeness (QED) is 0.540. The number of nitrogens with one attached hydrogen (secondary N) is 1. The van der Waals surface area contributed by atoms with Crippen molar-refractivity contribution in [1.82, 2.24) is 24.5 Å². The van der Waals surface area contributed by atoms with E-state index < -0.39 is 12.5 Å². The van der Waals surface area contributed by atoms with Crippen LogP contribution in [0.2, 0.25) is 0 Å². The molecule has 1 amide bonds. The van der Waals surface area contributed by atoms with Crippen LogP contribution in [0, 0.1) is 6.92 Å². The van der Waals surface area contributed by atoms with Gasteiger partial charge in [-0.3, -0.25) is 0 Å². The van der Waals surface area contributed by atoms with Crippen LogP contribution in [-0.2, 0) is 4.74 Å². The molecule has 0 saturated carbocycles. The number of halogens is 3. The van der Waals surface area contributed by atoms with Crippen LogP contribution >= 0.6 is 0 Å². The Morgan fingerprint density at radius 1 is 1.24 bits per heavy atom. The van der Waals surface area contributed by atoms with Crippen molar-refractivity contribution in [3.05, 3.63) is 48.3 Å². The van der Waals surface area contributed by atoms with Crippen molar-refractivity contribution in [3.63, 3.8) is 0 Å². The van der Waals surface area contributed by atoms with E-state index in [9.17, 15) is 18.0 Å². The zero-order chi connectivity index (χ0) is 24.5. The Morgan fingerprint density at radius 3 is 2.65 bits per heavy atom. The number of anilines is 2. The van der Waals surface area contributed by atoms with Gasteiger partial charge in [0.05, 0.1) is 24.1 Å². The number of ether oxygens (including phenoxy) is 2. The van der Waals surface area contributed by atoms with Crippen molar-refractivity contribution < 1.29 is 27.4 Å². The highest BCUT2D eigenvalue weighted by atomic mass is 19.4. The average molecular weight is 477 g/mol. The summed E-state index contributed by atoms with van der Waals surface area (Å²) in [6.07, 6.45) is -1.27. The molecule has 4 rings (SSSR count). The topological polar surface area (TPSA) is 107 Å². The first-order chi connectivity index (χ1) is 16.1. The number of amides is 1. The van der Waals surface area contributed by atoms with Gasteiger partial charge in [0.2, 0.25) is 11.9 Å². The van der Waals surface area contributed by atoms with Crippen LogP contribution in [0.5, 0.6) is 5.75 Å². The summed E-state index contributed by atoms with van der Waals surface area (Å²) in [5.74, 6) is 0.608. The SMILES string of the molecule is CC[C@H]1COC(=O)N1c1nc(C)nc(N[C@@H](C)c2cn(-c3ccc(OC(F)(F)F)cc3)cn2)n1. The third-order valence-corrected chi connectivity index (χ3v) is 5.14. The molecule has 2 atom stereocenters. The first kappa shape index (κ1) is 23.3. The molecule has 180 valence electrons. The zero-order valence-electron chi connectivity index (χ0n) is 18.6. The third-order valence-electron chi connectivity index (χ3n) is 5.14. The minimum atomic E-state index is -4.75. The number of aryl methyl sites for hydroxylation is 1. The molecule has 1 N–H and O–H groups in total. The van der Waals surface area contributed by atoms with Crippen molar-refractivity contribution in [2.45, 2.75) is 45.6 Å². The molecular weight excluding hydrogens is 455 g/mol. The second kappa shape index (κ2) is 9.15. The number of hydrogen-bond acceptors (Lipinski definition) is 8. The van der Waals surface area contributed by atoms with E-state index in [-0.39, 0.29) is 36.3 Å². The maximum atomic E-state index is 12.3. The number of rotatable bonds is 7. The minimum absolute atomic E-state index is 0.150. The number of carbonyl (C=O) groups is 1. The van der Waals surface area contributed by atoms with Crippen molar-refractivity contribution in [1.29, 1.82) is 0 Å². The van der Waals surface area contributed by atoms with Crippen molar-refractivity contribution in [2.24, 2.45) is 0 Å². The van der Waals surface area contributed by atoms with Gasteiger partial charge in [0.25, 0.3) is 0 Å². The van der Waals surface area contributed by atoms with Crippen LogP contribution in [0.1, 0.15) is 37.8 Å². The lowest BCUT2D eigenvalue weighted by atomic mass is 10.2. The highest BCUT2D eigenvalue weighted by Gasteiger charge is 2.35. The molecule has 0 radical (unpaired) electrons. The van der Waals surface area contributed by atoms with E-state index in [1.54, 1.807) is 24.0 Å². The van der Waals surface area contributed by atoms with Crippen LogP contribution in [0.3, 0.4) is 0 Å². The van der Waals surface area contributed by atoms with Gasteiger partial charge in [-0.05, 0) is 44.5 Å². The zero-order valence-corrected chi connectivity index (χ0v) is 18.6. The lowest BCUT2D eigenvalue weighted by Crippen LogP contribution is -2.34. The van der Waals surface area contributed by atoms with Gasteiger partial charge in [0, 0.05) is 11.9 Å². The van der Waals surface area contributed by atoms with Crippen molar-refractivity contribution in [2.75, 3.05) is 16.8 Å². The van der Waals surface area contributed by atoms with E-state index >= 15 is 0 Å². The Morgan fingerprint density at radius 2 is 1.97 bits per heavy atom. The van der Waals surface area contributed by atoms with E-state index in [2.05, 4.69) is 30.0 Å². The van der Waals surface area contributed by atoms with Crippen LogP contribution in [0.4, 0.5) is 29.9 Å². The lowest BCUT2D eigenvalue weighted by Gasteiger charge is -2.19. The fourth-order valence-electron chi connectivity index (χ4n) is 3.44. The largest absolute Gasteiger partial charge is 0.573 e. The Hall–Kier alpha value is -3.90. The molecule has 1 aliphatic rings.